The minimum absolute atomic E-state index is 0.207. The Kier molecular flexibility index (Phi) is 4.54. The highest BCUT2D eigenvalue weighted by Crippen LogP contribution is 2.28. The van der Waals surface area contributed by atoms with Gasteiger partial charge in [0, 0.05) is 24.3 Å². The Morgan fingerprint density at radius 2 is 2.00 bits per heavy atom. The van der Waals surface area contributed by atoms with Crippen LogP contribution in [0.4, 0.5) is 5.69 Å². The highest BCUT2D eigenvalue weighted by atomic mass is 16.1. The summed E-state index contributed by atoms with van der Waals surface area (Å²) >= 11 is 0. The van der Waals surface area contributed by atoms with E-state index in [-0.39, 0.29) is 5.91 Å². The molecule has 31 heavy (non-hydrogen) atoms. The molecule has 8 heteroatoms. The maximum absolute atomic E-state index is 13.1. The molecule has 0 bridgehead atoms. The Hall–Kier alpha value is -3.94. The summed E-state index contributed by atoms with van der Waals surface area (Å²) in [6.07, 6.45) is 4.19. The van der Waals surface area contributed by atoms with Crippen molar-refractivity contribution >= 4 is 28.1 Å². The molecule has 156 valence electrons. The summed E-state index contributed by atoms with van der Waals surface area (Å²) in [4.78, 5) is 17.4. The summed E-state index contributed by atoms with van der Waals surface area (Å²) in [6, 6.07) is 13.6. The number of rotatable bonds is 5. The van der Waals surface area contributed by atoms with Gasteiger partial charge in [-0.3, -0.25) is 18.6 Å². The van der Waals surface area contributed by atoms with Gasteiger partial charge in [-0.1, -0.05) is 19.1 Å². The largest absolute Gasteiger partial charge is 0.320 e. The van der Waals surface area contributed by atoms with Gasteiger partial charge >= 0.3 is 0 Å². The number of benzene rings is 1. The van der Waals surface area contributed by atoms with Crippen LogP contribution in [0, 0.1) is 6.92 Å². The number of aromatic nitrogens is 6. The van der Waals surface area contributed by atoms with E-state index in [0.717, 1.165) is 45.7 Å². The van der Waals surface area contributed by atoms with Crippen LogP contribution in [0.3, 0.4) is 0 Å². The van der Waals surface area contributed by atoms with Crippen molar-refractivity contribution in [3.05, 3.63) is 77.6 Å². The maximum Gasteiger partial charge on any atom is 0.274 e. The van der Waals surface area contributed by atoms with Gasteiger partial charge in [-0.05, 0) is 43.7 Å². The number of nitrogens with zero attached hydrogens (tertiary/aromatic N) is 6. The average Bonchev–Trinajstić information content (AvgIpc) is 3.44. The summed E-state index contributed by atoms with van der Waals surface area (Å²) in [6.45, 7) is 4.67. The van der Waals surface area contributed by atoms with Crippen LogP contribution in [0.5, 0.6) is 0 Å². The lowest BCUT2D eigenvalue weighted by Gasteiger charge is -2.08. The van der Waals surface area contributed by atoms with Gasteiger partial charge in [0.25, 0.3) is 5.91 Å². The lowest BCUT2D eigenvalue weighted by atomic mass is 10.1. The van der Waals surface area contributed by atoms with Crippen molar-refractivity contribution in [2.45, 2.75) is 26.8 Å². The van der Waals surface area contributed by atoms with E-state index in [1.807, 2.05) is 65.9 Å². The second kappa shape index (κ2) is 7.39. The Morgan fingerprint density at radius 3 is 2.77 bits per heavy atom. The molecular formula is C23H23N7O. The molecule has 1 N–H and O–H groups in total. The van der Waals surface area contributed by atoms with Gasteiger partial charge < -0.3 is 5.32 Å². The zero-order chi connectivity index (χ0) is 21.5. The smallest absolute Gasteiger partial charge is 0.274 e. The predicted octanol–water partition coefficient (Wildman–Crippen LogP) is 3.59. The van der Waals surface area contributed by atoms with Crippen LogP contribution in [0.1, 0.15) is 34.5 Å². The molecule has 0 saturated heterocycles. The summed E-state index contributed by atoms with van der Waals surface area (Å²) in [5, 5.41) is 13.4. The Morgan fingerprint density at radius 1 is 1.13 bits per heavy atom. The van der Waals surface area contributed by atoms with Crippen LogP contribution in [0.25, 0.3) is 16.6 Å². The van der Waals surface area contributed by atoms with Crippen molar-refractivity contribution in [3.63, 3.8) is 0 Å². The second-order valence-corrected chi connectivity index (χ2v) is 7.58. The van der Waals surface area contributed by atoms with Crippen molar-refractivity contribution in [1.82, 2.24) is 28.9 Å². The van der Waals surface area contributed by atoms with Crippen molar-refractivity contribution < 1.29 is 4.79 Å². The van der Waals surface area contributed by atoms with E-state index in [2.05, 4.69) is 28.4 Å². The maximum atomic E-state index is 13.1. The van der Waals surface area contributed by atoms with Gasteiger partial charge in [0.1, 0.15) is 11.3 Å². The van der Waals surface area contributed by atoms with E-state index in [0.29, 0.717) is 12.2 Å². The van der Waals surface area contributed by atoms with E-state index in [9.17, 15) is 4.79 Å². The average molecular weight is 413 g/mol. The number of carbonyl (C=O) groups is 1. The number of nitrogens with one attached hydrogen (secondary N) is 1. The number of aryl methyl sites for hydroxylation is 3. The van der Waals surface area contributed by atoms with Crippen molar-refractivity contribution in [2.75, 3.05) is 5.32 Å². The molecule has 5 rings (SSSR count). The molecule has 0 aliphatic rings. The first kappa shape index (κ1) is 19.0. The van der Waals surface area contributed by atoms with E-state index in [4.69, 9.17) is 5.10 Å². The molecule has 1 amide bonds. The monoisotopic (exact) mass is 413 g/mol. The fourth-order valence-corrected chi connectivity index (χ4v) is 3.93. The van der Waals surface area contributed by atoms with Crippen LogP contribution in [0.2, 0.25) is 0 Å². The SMILES string of the molecule is CCc1nn(Cc2cc(C)n(C)n2)c2cccc(NC(=O)c3cnc4ccccn34)c12. The van der Waals surface area contributed by atoms with Crippen molar-refractivity contribution in [1.29, 1.82) is 0 Å². The molecule has 4 heterocycles. The zero-order valence-electron chi connectivity index (χ0n) is 17.7. The minimum atomic E-state index is -0.207. The molecule has 0 aliphatic heterocycles. The number of hydrogen-bond acceptors (Lipinski definition) is 4. The van der Waals surface area contributed by atoms with Crippen molar-refractivity contribution in [2.24, 2.45) is 7.05 Å². The molecule has 0 aliphatic carbocycles. The molecule has 0 fully saturated rings. The van der Waals surface area contributed by atoms with Crippen molar-refractivity contribution in [3.8, 4) is 0 Å². The number of anilines is 1. The number of amides is 1. The molecule has 1 aromatic carbocycles. The molecule has 0 saturated carbocycles. The molecule has 0 radical (unpaired) electrons. The fourth-order valence-electron chi connectivity index (χ4n) is 3.93. The Balaban J connectivity index is 1.53. The van der Waals surface area contributed by atoms with Gasteiger partial charge in [-0.25, -0.2) is 4.98 Å². The Bertz CT molecular complexity index is 1400. The summed E-state index contributed by atoms with van der Waals surface area (Å²) in [5.41, 5.74) is 5.93. The number of hydrogen-bond donors (Lipinski definition) is 1. The highest BCUT2D eigenvalue weighted by molar-refractivity contribution is 6.08. The third kappa shape index (κ3) is 3.26. The zero-order valence-corrected chi connectivity index (χ0v) is 17.7. The topological polar surface area (TPSA) is 82.0 Å². The molecule has 4 aromatic heterocycles. The van der Waals surface area contributed by atoms with E-state index < -0.39 is 0 Å². The fraction of sp³-hybridized carbons (Fsp3) is 0.217. The minimum Gasteiger partial charge on any atom is -0.320 e. The number of carbonyl (C=O) groups excluding carboxylic acids is 1. The van der Waals surface area contributed by atoms with Crippen LogP contribution in [-0.2, 0) is 20.0 Å². The predicted molar refractivity (Wildman–Crippen MR) is 119 cm³/mol. The first-order chi connectivity index (χ1) is 15.0. The van der Waals surface area contributed by atoms with Gasteiger partial charge in [0.15, 0.2) is 0 Å². The first-order valence-electron chi connectivity index (χ1n) is 10.3. The Labute approximate surface area is 179 Å². The summed E-state index contributed by atoms with van der Waals surface area (Å²) < 4.78 is 5.60. The molecule has 5 aromatic rings. The van der Waals surface area contributed by atoms with Crippen LogP contribution in [0.15, 0.2) is 54.9 Å². The molecule has 0 unspecified atom stereocenters. The van der Waals surface area contributed by atoms with Gasteiger partial charge in [0.2, 0.25) is 0 Å². The third-order valence-electron chi connectivity index (χ3n) is 5.56. The first-order valence-corrected chi connectivity index (χ1v) is 10.3. The standard InChI is InChI=1S/C23H23N7O/c1-4-17-22-18(25-23(31)20-13-24-21-10-5-6-11-29(20)21)8-7-9-19(22)30(27-17)14-16-12-15(2)28(3)26-16/h5-13H,4,14H2,1-3H3,(H,25,31). The van der Waals surface area contributed by atoms with E-state index in [1.54, 1.807) is 10.6 Å². The van der Waals surface area contributed by atoms with Gasteiger partial charge in [-0.15, -0.1) is 0 Å². The number of imidazole rings is 1. The molecule has 0 atom stereocenters. The third-order valence-corrected chi connectivity index (χ3v) is 5.56. The number of fused-ring (bicyclic) bond motifs is 2. The number of pyridine rings is 1. The van der Waals surface area contributed by atoms with E-state index in [1.165, 1.54) is 0 Å². The van der Waals surface area contributed by atoms with Gasteiger partial charge in [-0.2, -0.15) is 10.2 Å². The lowest BCUT2D eigenvalue weighted by molar-refractivity contribution is 0.102. The molecular weight excluding hydrogens is 390 g/mol. The van der Waals surface area contributed by atoms with Crippen LogP contribution < -0.4 is 5.32 Å². The van der Waals surface area contributed by atoms with Crippen LogP contribution >= 0.6 is 0 Å². The molecule has 0 spiro atoms. The second-order valence-electron chi connectivity index (χ2n) is 7.58. The van der Waals surface area contributed by atoms with Gasteiger partial charge in [0.05, 0.1) is 35.3 Å². The molecule has 8 nitrogen and oxygen atoms in total. The van der Waals surface area contributed by atoms with E-state index >= 15 is 0 Å². The van der Waals surface area contributed by atoms with Crippen LogP contribution in [-0.4, -0.2) is 34.9 Å². The quantitative estimate of drug-likeness (QED) is 0.477. The highest BCUT2D eigenvalue weighted by Gasteiger charge is 2.18. The summed E-state index contributed by atoms with van der Waals surface area (Å²) in [7, 11) is 1.94. The lowest BCUT2D eigenvalue weighted by Crippen LogP contribution is -2.14. The normalized spacial score (nSPS) is 11.5. The summed E-state index contributed by atoms with van der Waals surface area (Å²) in [5.74, 6) is -0.207.